The molecular formula is C21H28N8O2. The molecule has 0 spiro atoms. The lowest BCUT2D eigenvalue weighted by molar-refractivity contribution is 0.122. The Bertz CT molecular complexity index is 1170. The average molecular weight is 425 g/mol. The van der Waals surface area contributed by atoms with Crippen LogP contribution in [0.1, 0.15) is 17.0 Å². The first-order valence-corrected chi connectivity index (χ1v) is 10.5. The minimum absolute atomic E-state index is 0.0436. The van der Waals surface area contributed by atoms with E-state index in [1.807, 2.05) is 19.9 Å². The third kappa shape index (κ3) is 4.80. The minimum Gasteiger partial charge on any atom is -0.299 e. The Balaban J connectivity index is 1.34. The van der Waals surface area contributed by atoms with Crippen LogP contribution in [-0.4, -0.2) is 71.9 Å². The molecule has 1 saturated heterocycles. The van der Waals surface area contributed by atoms with Gasteiger partial charge in [-0.05, 0) is 32.0 Å². The summed E-state index contributed by atoms with van der Waals surface area (Å²) in [6.45, 7) is 9.34. The number of aryl methyl sites for hydroxylation is 3. The van der Waals surface area contributed by atoms with Crippen LogP contribution in [0.3, 0.4) is 0 Å². The zero-order chi connectivity index (χ0) is 22.0. The summed E-state index contributed by atoms with van der Waals surface area (Å²) in [6.07, 6.45) is 1.66. The lowest BCUT2D eigenvalue weighted by Gasteiger charge is -2.34. The van der Waals surface area contributed by atoms with Crippen LogP contribution in [0.4, 0.5) is 0 Å². The van der Waals surface area contributed by atoms with Gasteiger partial charge in [0.05, 0.1) is 12.2 Å². The number of aromatic nitrogens is 6. The fourth-order valence-corrected chi connectivity index (χ4v) is 3.90. The average Bonchev–Trinajstić information content (AvgIpc) is 3.10. The number of rotatable bonds is 6. The molecule has 1 aliphatic heterocycles. The largest absolute Gasteiger partial charge is 0.299 e. The van der Waals surface area contributed by atoms with Crippen LogP contribution >= 0.6 is 0 Å². The molecule has 0 bridgehead atoms. The number of nitrogens with zero attached hydrogens (tertiary/aromatic N) is 8. The molecular weight excluding hydrogens is 396 g/mol. The van der Waals surface area contributed by atoms with Crippen molar-refractivity contribution in [1.82, 2.24) is 39.1 Å². The van der Waals surface area contributed by atoms with Crippen molar-refractivity contribution in [3.05, 3.63) is 68.1 Å². The van der Waals surface area contributed by atoms with Crippen molar-refractivity contribution in [3.63, 3.8) is 0 Å². The van der Waals surface area contributed by atoms with Gasteiger partial charge in [0.2, 0.25) is 0 Å². The monoisotopic (exact) mass is 424 g/mol. The molecule has 3 aromatic rings. The van der Waals surface area contributed by atoms with E-state index in [9.17, 15) is 9.59 Å². The van der Waals surface area contributed by atoms with Crippen molar-refractivity contribution in [3.8, 4) is 5.82 Å². The molecule has 0 unspecified atom stereocenters. The normalized spacial score (nSPS) is 15.5. The van der Waals surface area contributed by atoms with Gasteiger partial charge in [-0.1, -0.05) is 0 Å². The highest BCUT2D eigenvalue weighted by Gasteiger charge is 2.18. The molecule has 4 heterocycles. The molecule has 0 radical (unpaired) electrons. The molecule has 31 heavy (non-hydrogen) atoms. The van der Waals surface area contributed by atoms with Gasteiger partial charge in [-0.15, -0.1) is 5.10 Å². The summed E-state index contributed by atoms with van der Waals surface area (Å²) in [5, 5.41) is 12.9. The van der Waals surface area contributed by atoms with Crippen LogP contribution in [0.25, 0.3) is 5.82 Å². The number of hydrogen-bond acceptors (Lipinski definition) is 7. The van der Waals surface area contributed by atoms with E-state index in [0.717, 1.165) is 49.7 Å². The summed E-state index contributed by atoms with van der Waals surface area (Å²) in [5.41, 5.74) is 2.51. The molecule has 0 N–H and O–H groups in total. The predicted molar refractivity (Wildman–Crippen MR) is 116 cm³/mol. The summed E-state index contributed by atoms with van der Waals surface area (Å²) >= 11 is 0. The zero-order valence-corrected chi connectivity index (χ0v) is 18.2. The van der Waals surface area contributed by atoms with Crippen LogP contribution in [-0.2, 0) is 20.1 Å². The summed E-state index contributed by atoms with van der Waals surface area (Å²) in [6, 6.07) is 7.04. The maximum absolute atomic E-state index is 12.3. The molecule has 1 aliphatic rings. The molecule has 0 atom stereocenters. The second-order valence-corrected chi connectivity index (χ2v) is 7.99. The van der Waals surface area contributed by atoms with E-state index in [-0.39, 0.29) is 11.1 Å². The number of piperazine rings is 1. The van der Waals surface area contributed by atoms with E-state index in [4.69, 9.17) is 0 Å². The Morgan fingerprint density at radius 3 is 2.39 bits per heavy atom. The van der Waals surface area contributed by atoms with Crippen LogP contribution in [0.5, 0.6) is 0 Å². The van der Waals surface area contributed by atoms with Crippen molar-refractivity contribution in [2.75, 3.05) is 32.7 Å². The molecule has 164 valence electrons. The van der Waals surface area contributed by atoms with Crippen LogP contribution in [0.15, 0.2) is 40.1 Å². The highest BCUT2D eigenvalue weighted by atomic mass is 16.1. The number of hydrogen-bond donors (Lipinski definition) is 0. The minimum atomic E-state index is -0.113. The molecule has 1 fully saturated rings. The second-order valence-electron chi connectivity index (χ2n) is 7.99. The van der Waals surface area contributed by atoms with Gasteiger partial charge in [-0.25, -0.2) is 14.0 Å². The van der Waals surface area contributed by atoms with E-state index in [1.54, 1.807) is 36.1 Å². The Morgan fingerprint density at radius 1 is 0.935 bits per heavy atom. The van der Waals surface area contributed by atoms with E-state index in [1.165, 1.54) is 9.36 Å². The van der Waals surface area contributed by atoms with E-state index in [2.05, 4.69) is 25.1 Å². The first kappa shape index (κ1) is 21.1. The summed E-state index contributed by atoms with van der Waals surface area (Å²) in [5.74, 6) is 0.647. The van der Waals surface area contributed by atoms with E-state index >= 15 is 0 Å². The van der Waals surface area contributed by atoms with Gasteiger partial charge >= 0.3 is 0 Å². The lowest BCUT2D eigenvalue weighted by Crippen LogP contribution is -2.47. The van der Waals surface area contributed by atoms with Crippen LogP contribution < -0.4 is 11.1 Å². The third-order valence-corrected chi connectivity index (χ3v) is 5.65. The predicted octanol–water partition coefficient (Wildman–Crippen LogP) is -0.0427. The van der Waals surface area contributed by atoms with Crippen molar-refractivity contribution in [1.29, 1.82) is 0 Å². The Labute approximate surface area is 180 Å². The highest BCUT2D eigenvalue weighted by Crippen LogP contribution is 2.08. The molecule has 0 amide bonds. The highest BCUT2D eigenvalue weighted by molar-refractivity contribution is 5.23. The van der Waals surface area contributed by atoms with Crippen molar-refractivity contribution < 1.29 is 0 Å². The third-order valence-electron chi connectivity index (χ3n) is 5.65. The molecule has 4 rings (SSSR count). The smallest absolute Gasteiger partial charge is 0.270 e. The zero-order valence-electron chi connectivity index (χ0n) is 18.2. The Hall–Kier alpha value is -3.11. The molecule has 0 aromatic carbocycles. The SMILES string of the molecule is Cc1cc(C)n(-c2ccc(=O)n(CCN3CCN(Cc4ccnn(C)c4=O)CC3)n2)n1. The molecule has 3 aromatic heterocycles. The van der Waals surface area contributed by atoms with Gasteiger partial charge in [0.1, 0.15) is 0 Å². The fourth-order valence-electron chi connectivity index (χ4n) is 3.90. The Kier molecular flexibility index (Phi) is 6.10. The van der Waals surface area contributed by atoms with Gasteiger partial charge in [-0.2, -0.15) is 10.2 Å². The molecule has 0 aliphatic carbocycles. The van der Waals surface area contributed by atoms with Gasteiger partial charge in [0.15, 0.2) is 5.82 Å². The van der Waals surface area contributed by atoms with E-state index in [0.29, 0.717) is 18.9 Å². The van der Waals surface area contributed by atoms with Crippen LogP contribution in [0.2, 0.25) is 0 Å². The van der Waals surface area contributed by atoms with Gasteiger partial charge < -0.3 is 0 Å². The first-order chi connectivity index (χ1) is 14.9. The molecule has 10 heteroatoms. The van der Waals surface area contributed by atoms with Gasteiger partial charge in [0.25, 0.3) is 11.1 Å². The summed E-state index contributed by atoms with van der Waals surface area (Å²) in [7, 11) is 1.67. The quantitative estimate of drug-likeness (QED) is 0.548. The topological polar surface area (TPSA) is 94.1 Å². The molecule has 10 nitrogen and oxygen atoms in total. The lowest BCUT2D eigenvalue weighted by atomic mass is 10.2. The van der Waals surface area contributed by atoms with Crippen molar-refractivity contribution in [2.45, 2.75) is 26.9 Å². The van der Waals surface area contributed by atoms with Gasteiger partial charge in [-0.3, -0.25) is 19.4 Å². The Morgan fingerprint density at radius 2 is 1.68 bits per heavy atom. The van der Waals surface area contributed by atoms with Crippen molar-refractivity contribution in [2.24, 2.45) is 7.05 Å². The summed E-state index contributed by atoms with van der Waals surface area (Å²) in [4.78, 5) is 29.1. The molecule has 0 saturated carbocycles. The first-order valence-electron chi connectivity index (χ1n) is 10.5. The maximum atomic E-state index is 12.3. The second kappa shape index (κ2) is 8.94. The summed E-state index contributed by atoms with van der Waals surface area (Å²) < 4.78 is 4.64. The van der Waals surface area contributed by atoms with Crippen molar-refractivity contribution >= 4 is 0 Å². The maximum Gasteiger partial charge on any atom is 0.270 e. The fraction of sp³-hybridized carbons (Fsp3) is 0.476. The standard InChI is InChI=1S/C21H28N8O2/c1-16-14-17(2)29(23-16)19-4-5-20(30)28(24-19)13-12-26-8-10-27(11-9-26)15-18-6-7-22-25(3)21(18)31/h4-7,14H,8-13,15H2,1-3H3. The van der Waals surface area contributed by atoms with E-state index < -0.39 is 0 Å². The van der Waals surface area contributed by atoms with Crippen LogP contribution in [0, 0.1) is 13.8 Å². The van der Waals surface area contributed by atoms with Gasteiger partial charge in [0, 0.05) is 69.8 Å².